The van der Waals surface area contributed by atoms with Crippen molar-refractivity contribution in [1.29, 1.82) is 0 Å². The van der Waals surface area contributed by atoms with Crippen LogP contribution in [0.2, 0.25) is 0 Å². The first-order valence-electron chi connectivity index (χ1n) is 17.2. The van der Waals surface area contributed by atoms with Gasteiger partial charge < -0.3 is 9.13 Å². The molecule has 0 saturated carbocycles. The van der Waals surface area contributed by atoms with Gasteiger partial charge in [-0.3, -0.25) is 0 Å². The van der Waals surface area contributed by atoms with Crippen LogP contribution in [0.5, 0.6) is 0 Å². The Morgan fingerprint density at radius 3 is 1.50 bits per heavy atom. The van der Waals surface area contributed by atoms with E-state index in [2.05, 4.69) is 203 Å². The number of rotatable bonds is 5. The molecule has 10 aromatic rings. The smallest absolute Gasteiger partial charge is 0.0562 e. The van der Waals surface area contributed by atoms with Crippen LogP contribution in [0.15, 0.2) is 194 Å². The Balaban J connectivity index is 1.21. The van der Waals surface area contributed by atoms with Crippen molar-refractivity contribution < 1.29 is 0 Å². The zero-order valence-electron chi connectivity index (χ0n) is 27.4. The molecule has 0 radical (unpaired) electrons. The largest absolute Gasteiger partial charge is 0.309 e. The molecule has 0 saturated heterocycles. The molecule has 2 nitrogen and oxygen atoms in total. The lowest BCUT2D eigenvalue weighted by Crippen LogP contribution is -1.97. The van der Waals surface area contributed by atoms with Gasteiger partial charge in [0.25, 0.3) is 0 Å². The summed E-state index contributed by atoms with van der Waals surface area (Å²) in [5.74, 6) is 0. The highest BCUT2D eigenvalue weighted by Gasteiger charge is 2.21. The minimum atomic E-state index is 1.14. The fourth-order valence-electron chi connectivity index (χ4n) is 7.94. The highest BCUT2D eigenvalue weighted by Crippen LogP contribution is 2.42. The number of nitrogens with zero attached hydrogens (tertiary/aromatic N) is 2. The molecule has 0 spiro atoms. The van der Waals surface area contributed by atoms with Crippen LogP contribution in [-0.4, -0.2) is 9.13 Å². The van der Waals surface area contributed by atoms with E-state index in [4.69, 9.17) is 0 Å². The third-order valence-corrected chi connectivity index (χ3v) is 10.1. The third kappa shape index (κ3) is 4.43. The van der Waals surface area contributed by atoms with E-state index in [0.717, 1.165) is 5.69 Å². The zero-order valence-corrected chi connectivity index (χ0v) is 27.4. The number of hydrogen-bond donors (Lipinski definition) is 0. The van der Waals surface area contributed by atoms with Crippen LogP contribution in [0.4, 0.5) is 0 Å². The lowest BCUT2D eigenvalue weighted by molar-refractivity contribution is 1.17. The summed E-state index contributed by atoms with van der Waals surface area (Å²) in [5, 5.41) is 5.01. The van der Waals surface area contributed by atoms with Crippen molar-refractivity contribution in [1.82, 2.24) is 9.13 Å². The molecule has 2 aromatic heterocycles. The second kappa shape index (κ2) is 11.5. The number of hydrogen-bond acceptors (Lipinski definition) is 0. The molecule has 0 aliphatic heterocycles. The van der Waals surface area contributed by atoms with Gasteiger partial charge in [0.05, 0.1) is 27.8 Å². The average molecular weight is 637 g/mol. The third-order valence-electron chi connectivity index (χ3n) is 10.1. The number of para-hydroxylation sites is 2. The standard InChI is InChI=1S/C48H32N2/c1-3-15-33(16-4-1)35-19-11-20-36(31-35)37-21-12-22-38(32-37)49-42-26-9-8-24-41(42)48-45(49)29-14-30-46(48)50-43-27-10-7-23-40(43)47-39(25-13-28-44(47)50)34-17-5-2-6-18-34/h1-32H. The van der Waals surface area contributed by atoms with Crippen LogP contribution in [0.25, 0.3) is 88.4 Å². The normalized spacial score (nSPS) is 11.6. The van der Waals surface area contributed by atoms with E-state index < -0.39 is 0 Å². The van der Waals surface area contributed by atoms with Gasteiger partial charge in [-0.2, -0.15) is 0 Å². The van der Waals surface area contributed by atoms with Crippen LogP contribution < -0.4 is 0 Å². The summed E-state index contributed by atoms with van der Waals surface area (Å²) < 4.78 is 4.91. The van der Waals surface area contributed by atoms with Crippen molar-refractivity contribution in [3.05, 3.63) is 194 Å². The minimum Gasteiger partial charge on any atom is -0.309 e. The highest BCUT2D eigenvalue weighted by molar-refractivity contribution is 6.19. The van der Waals surface area contributed by atoms with Crippen molar-refractivity contribution in [2.75, 3.05) is 0 Å². The fourth-order valence-corrected chi connectivity index (χ4v) is 7.94. The van der Waals surface area contributed by atoms with Gasteiger partial charge in [-0.25, -0.2) is 0 Å². The molecule has 0 unspecified atom stereocenters. The van der Waals surface area contributed by atoms with E-state index in [0.29, 0.717) is 0 Å². The fraction of sp³-hybridized carbons (Fsp3) is 0. The van der Waals surface area contributed by atoms with Crippen LogP contribution >= 0.6 is 0 Å². The molecule has 50 heavy (non-hydrogen) atoms. The van der Waals surface area contributed by atoms with E-state index in [-0.39, 0.29) is 0 Å². The van der Waals surface area contributed by atoms with Gasteiger partial charge in [-0.15, -0.1) is 0 Å². The average Bonchev–Trinajstić information content (AvgIpc) is 3.72. The Kier molecular flexibility index (Phi) is 6.53. The molecule has 0 amide bonds. The number of fused-ring (bicyclic) bond motifs is 6. The van der Waals surface area contributed by atoms with Crippen LogP contribution in [0.1, 0.15) is 0 Å². The molecule has 0 N–H and O–H groups in total. The predicted molar refractivity (Wildman–Crippen MR) is 211 cm³/mol. The molecular formula is C48H32N2. The van der Waals surface area contributed by atoms with Gasteiger partial charge in [-0.05, 0) is 81.9 Å². The summed E-state index contributed by atoms with van der Waals surface area (Å²) in [5.41, 5.74) is 14.4. The molecule has 10 rings (SSSR count). The SMILES string of the molecule is c1ccc(-c2cccc(-c3cccc(-n4c5ccccc5c5c(-n6c7ccccc7c7c(-c8ccccc8)cccc76)cccc54)c3)c2)cc1. The van der Waals surface area contributed by atoms with Gasteiger partial charge in [-0.1, -0.05) is 146 Å². The lowest BCUT2D eigenvalue weighted by atomic mass is 9.99. The molecule has 8 aromatic carbocycles. The Bertz CT molecular complexity index is 2860. The second-order valence-electron chi connectivity index (χ2n) is 12.9. The first-order valence-corrected chi connectivity index (χ1v) is 17.2. The van der Waals surface area contributed by atoms with Gasteiger partial charge in [0.15, 0.2) is 0 Å². The Labute approximate surface area is 290 Å². The van der Waals surface area contributed by atoms with Crippen molar-refractivity contribution >= 4 is 43.6 Å². The number of aromatic nitrogens is 2. The summed E-state index contributed by atoms with van der Waals surface area (Å²) in [6.45, 7) is 0. The van der Waals surface area contributed by atoms with E-state index >= 15 is 0 Å². The number of benzene rings is 8. The summed E-state index contributed by atoms with van der Waals surface area (Å²) in [6, 6.07) is 70.3. The molecule has 0 atom stereocenters. The zero-order chi connectivity index (χ0) is 33.0. The Morgan fingerprint density at radius 1 is 0.280 bits per heavy atom. The van der Waals surface area contributed by atoms with E-state index in [1.807, 2.05) is 0 Å². The van der Waals surface area contributed by atoms with Gasteiger partial charge >= 0.3 is 0 Å². The van der Waals surface area contributed by atoms with E-state index in [1.54, 1.807) is 0 Å². The molecular weight excluding hydrogens is 605 g/mol. The summed E-state index contributed by atoms with van der Waals surface area (Å²) in [4.78, 5) is 0. The van der Waals surface area contributed by atoms with Gasteiger partial charge in [0.2, 0.25) is 0 Å². The molecule has 2 heteroatoms. The molecule has 0 fully saturated rings. The second-order valence-corrected chi connectivity index (χ2v) is 12.9. The first kappa shape index (κ1) is 28.4. The lowest BCUT2D eigenvalue weighted by Gasteiger charge is -2.13. The monoisotopic (exact) mass is 636 g/mol. The maximum absolute atomic E-state index is 2.47. The summed E-state index contributed by atoms with van der Waals surface area (Å²) in [7, 11) is 0. The topological polar surface area (TPSA) is 9.86 Å². The highest BCUT2D eigenvalue weighted by atomic mass is 15.0. The summed E-state index contributed by atoms with van der Waals surface area (Å²) in [6.07, 6.45) is 0. The molecule has 0 bridgehead atoms. The first-order chi connectivity index (χ1) is 24.8. The van der Waals surface area contributed by atoms with Gasteiger partial charge in [0, 0.05) is 27.2 Å². The quantitative estimate of drug-likeness (QED) is 0.178. The molecule has 2 heterocycles. The van der Waals surface area contributed by atoms with Crippen molar-refractivity contribution in [2.45, 2.75) is 0 Å². The van der Waals surface area contributed by atoms with Crippen molar-refractivity contribution in [3.8, 4) is 44.8 Å². The summed E-state index contributed by atoms with van der Waals surface area (Å²) >= 11 is 0. The molecule has 234 valence electrons. The molecule has 0 aliphatic rings. The predicted octanol–water partition coefficient (Wildman–Crippen LogP) is 12.9. The van der Waals surface area contributed by atoms with Crippen LogP contribution in [-0.2, 0) is 0 Å². The maximum Gasteiger partial charge on any atom is 0.0562 e. The van der Waals surface area contributed by atoms with Crippen molar-refractivity contribution in [3.63, 3.8) is 0 Å². The van der Waals surface area contributed by atoms with Crippen LogP contribution in [0.3, 0.4) is 0 Å². The van der Waals surface area contributed by atoms with Crippen LogP contribution in [0, 0.1) is 0 Å². The Morgan fingerprint density at radius 2 is 0.760 bits per heavy atom. The van der Waals surface area contributed by atoms with E-state index in [1.165, 1.54) is 82.7 Å². The van der Waals surface area contributed by atoms with Gasteiger partial charge in [0.1, 0.15) is 0 Å². The minimum absolute atomic E-state index is 1.14. The maximum atomic E-state index is 2.47. The molecule has 0 aliphatic carbocycles. The Hall–Kier alpha value is -6.64. The van der Waals surface area contributed by atoms with Crippen molar-refractivity contribution in [2.24, 2.45) is 0 Å². The van der Waals surface area contributed by atoms with E-state index in [9.17, 15) is 0 Å².